The summed E-state index contributed by atoms with van der Waals surface area (Å²) in [6.45, 7) is 0. The summed E-state index contributed by atoms with van der Waals surface area (Å²) in [5, 5.41) is 0. The van der Waals surface area contributed by atoms with E-state index in [1.54, 1.807) is 21.3 Å². The van der Waals surface area contributed by atoms with Gasteiger partial charge in [0.2, 0.25) is 0 Å². The van der Waals surface area contributed by atoms with E-state index in [0.29, 0.717) is 0 Å². The molecule has 25 heavy (non-hydrogen) atoms. The second kappa shape index (κ2) is 19.2. The van der Waals surface area contributed by atoms with Gasteiger partial charge in [-0.3, -0.25) is 0 Å². The van der Waals surface area contributed by atoms with Gasteiger partial charge < -0.3 is 13.3 Å². The van der Waals surface area contributed by atoms with Crippen molar-refractivity contribution in [3.63, 3.8) is 0 Å². The molecule has 0 aliphatic carbocycles. The van der Waals surface area contributed by atoms with Gasteiger partial charge in [0.25, 0.3) is 0 Å². The molecule has 0 spiro atoms. The van der Waals surface area contributed by atoms with Crippen LogP contribution in [0.3, 0.4) is 0 Å². The third-order valence-corrected chi connectivity index (χ3v) is 8.22. The molecular weight excluding hydrogens is 348 g/mol. The minimum atomic E-state index is -2.33. The standard InChI is InChI=1S/C20H44O3SSi/c1-21-25(22-2,23-3)20-18-16-14-12-10-8-6-4-5-7-9-11-13-15-17-19-24/h24H,4-20H2,1-3H3. The number of hydrogen-bond acceptors (Lipinski definition) is 4. The van der Waals surface area contributed by atoms with Gasteiger partial charge in [0.1, 0.15) is 0 Å². The van der Waals surface area contributed by atoms with Crippen molar-refractivity contribution >= 4 is 21.4 Å². The van der Waals surface area contributed by atoms with Crippen LogP contribution in [0, 0.1) is 0 Å². The van der Waals surface area contributed by atoms with Crippen LogP contribution < -0.4 is 0 Å². The van der Waals surface area contributed by atoms with E-state index in [1.165, 1.54) is 89.9 Å². The fourth-order valence-corrected chi connectivity index (χ4v) is 5.33. The largest absolute Gasteiger partial charge is 0.500 e. The molecule has 0 aliphatic rings. The predicted molar refractivity (Wildman–Crippen MR) is 115 cm³/mol. The van der Waals surface area contributed by atoms with E-state index in [4.69, 9.17) is 13.3 Å². The van der Waals surface area contributed by atoms with Crippen LogP contribution in [-0.2, 0) is 13.3 Å². The average molecular weight is 393 g/mol. The normalized spacial score (nSPS) is 12.0. The van der Waals surface area contributed by atoms with Crippen molar-refractivity contribution in [2.24, 2.45) is 0 Å². The van der Waals surface area contributed by atoms with Crippen molar-refractivity contribution in [1.29, 1.82) is 0 Å². The van der Waals surface area contributed by atoms with Gasteiger partial charge in [0, 0.05) is 27.4 Å². The molecule has 0 fully saturated rings. The van der Waals surface area contributed by atoms with Gasteiger partial charge in [-0.1, -0.05) is 83.5 Å². The number of rotatable bonds is 20. The Morgan fingerprint density at radius 3 is 1.04 bits per heavy atom. The molecule has 0 heterocycles. The van der Waals surface area contributed by atoms with Gasteiger partial charge in [-0.05, 0) is 18.6 Å². The highest BCUT2D eigenvalue weighted by Crippen LogP contribution is 2.18. The highest BCUT2D eigenvalue weighted by Gasteiger charge is 2.36. The molecule has 0 aromatic rings. The Hall–Kier alpha value is 0.447. The SMILES string of the molecule is CO[Si](CCCCCCCCCCCCCCCCCS)(OC)OC. The summed E-state index contributed by atoms with van der Waals surface area (Å²) in [7, 11) is 2.76. The van der Waals surface area contributed by atoms with Gasteiger partial charge in [0.15, 0.2) is 0 Å². The van der Waals surface area contributed by atoms with Crippen LogP contribution in [0.4, 0.5) is 0 Å². The molecule has 0 radical (unpaired) electrons. The Balaban J connectivity index is 3.21. The lowest BCUT2D eigenvalue weighted by atomic mass is 10.0. The molecule has 0 aromatic carbocycles. The van der Waals surface area contributed by atoms with E-state index >= 15 is 0 Å². The van der Waals surface area contributed by atoms with Crippen LogP contribution >= 0.6 is 12.6 Å². The average Bonchev–Trinajstić information content (AvgIpc) is 2.65. The molecule has 0 saturated heterocycles. The zero-order chi connectivity index (χ0) is 18.6. The third-order valence-electron chi connectivity index (χ3n) is 5.07. The number of thiol groups is 1. The molecule has 0 rings (SSSR count). The van der Waals surface area contributed by atoms with Crippen LogP contribution in [0.15, 0.2) is 0 Å². The molecule has 0 aliphatic heterocycles. The molecule has 0 saturated carbocycles. The molecule has 0 unspecified atom stereocenters. The Labute approximate surface area is 164 Å². The fraction of sp³-hybridized carbons (Fsp3) is 1.00. The summed E-state index contributed by atoms with van der Waals surface area (Å²) < 4.78 is 16.4. The zero-order valence-electron chi connectivity index (χ0n) is 17.2. The van der Waals surface area contributed by atoms with Crippen molar-refractivity contribution in [2.45, 2.75) is 102 Å². The second-order valence-corrected chi connectivity index (χ2v) is 10.6. The lowest BCUT2D eigenvalue weighted by Crippen LogP contribution is -2.42. The van der Waals surface area contributed by atoms with Crippen LogP contribution in [0.5, 0.6) is 0 Å². The van der Waals surface area contributed by atoms with Gasteiger partial charge in [0.05, 0.1) is 0 Å². The van der Waals surface area contributed by atoms with Crippen LogP contribution in [-0.4, -0.2) is 35.9 Å². The van der Waals surface area contributed by atoms with Crippen LogP contribution in [0.25, 0.3) is 0 Å². The molecule has 0 aromatic heterocycles. The summed E-state index contributed by atoms with van der Waals surface area (Å²) in [6, 6.07) is 0.936. The van der Waals surface area contributed by atoms with Gasteiger partial charge >= 0.3 is 8.80 Å². The van der Waals surface area contributed by atoms with E-state index in [1.807, 2.05) is 0 Å². The van der Waals surface area contributed by atoms with Crippen LogP contribution in [0.2, 0.25) is 6.04 Å². The Bertz CT molecular complexity index is 255. The first-order valence-electron chi connectivity index (χ1n) is 10.5. The molecule has 0 N–H and O–H groups in total. The summed E-state index contributed by atoms with van der Waals surface area (Å²) >= 11 is 4.25. The third kappa shape index (κ3) is 15.2. The maximum Gasteiger partial charge on any atom is 0.500 e. The second-order valence-electron chi connectivity index (χ2n) is 7.07. The van der Waals surface area contributed by atoms with Crippen molar-refractivity contribution < 1.29 is 13.3 Å². The molecule has 0 amide bonds. The van der Waals surface area contributed by atoms with Crippen molar-refractivity contribution in [2.75, 3.05) is 27.1 Å². The Morgan fingerprint density at radius 1 is 0.480 bits per heavy atom. The molecule has 0 bridgehead atoms. The lowest BCUT2D eigenvalue weighted by Gasteiger charge is -2.24. The monoisotopic (exact) mass is 392 g/mol. The number of unbranched alkanes of at least 4 members (excludes halogenated alkanes) is 14. The van der Waals surface area contributed by atoms with Crippen molar-refractivity contribution in [3.8, 4) is 0 Å². The van der Waals surface area contributed by atoms with Crippen molar-refractivity contribution in [3.05, 3.63) is 0 Å². The fourth-order valence-electron chi connectivity index (χ4n) is 3.31. The van der Waals surface area contributed by atoms with E-state index < -0.39 is 8.80 Å². The van der Waals surface area contributed by atoms with Crippen molar-refractivity contribution in [1.82, 2.24) is 0 Å². The summed E-state index contributed by atoms with van der Waals surface area (Å²) in [4.78, 5) is 0. The maximum atomic E-state index is 5.45. The quantitative estimate of drug-likeness (QED) is 0.143. The van der Waals surface area contributed by atoms with E-state index in [0.717, 1.165) is 18.2 Å². The van der Waals surface area contributed by atoms with Crippen LogP contribution in [0.1, 0.15) is 96.3 Å². The molecule has 152 valence electrons. The molecule has 0 atom stereocenters. The first kappa shape index (κ1) is 25.4. The predicted octanol–water partition coefficient (Wildman–Crippen LogP) is 6.65. The van der Waals surface area contributed by atoms with Gasteiger partial charge in [-0.15, -0.1) is 0 Å². The highest BCUT2D eigenvalue weighted by atomic mass is 32.1. The molecule has 3 nitrogen and oxygen atoms in total. The first-order chi connectivity index (χ1) is 12.2. The van der Waals surface area contributed by atoms with Gasteiger partial charge in [-0.25, -0.2) is 0 Å². The van der Waals surface area contributed by atoms with E-state index in [-0.39, 0.29) is 0 Å². The topological polar surface area (TPSA) is 27.7 Å². The maximum absolute atomic E-state index is 5.45. The minimum absolute atomic E-state index is 0.936. The summed E-state index contributed by atoms with van der Waals surface area (Å²) in [5.41, 5.74) is 0. The Morgan fingerprint density at radius 2 is 0.760 bits per heavy atom. The van der Waals surface area contributed by atoms with Gasteiger partial charge in [-0.2, -0.15) is 12.6 Å². The highest BCUT2D eigenvalue weighted by molar-refractivity contribution is 7.80. The number of hydrogen-bond donors (Lipinski definition) is 1. The smallest absolute Gasteiger partial charge is 0.377 e. The summed E-state index contributed by atoms with van der Waals surface area (Å²) in [5.74, 6) is 1.05. The van der Waals surface area contributed by atoms with E-state index in [2.05, 4.69) is 12.6 Å². The molecule has 5 heteroatoms. The zero-order valence-corrected chi connectivity index (χ0v) is 19.1. The molecular formula is C20H44O3SSi. The summed E-state index contributed by atoms with van der Waals surface area (Å²) in [6.07, 6.45) is 20.6. The Kier molecular flexibility index (Phi) is 19.6. The first-order valence-corrected chi connectivity index (χ1v) is 13.1. The lowest BCUT2D eigenvalue weighted by molar-refractivity contribution is 0.122. The minimum Gasteiger partial charge on any atom is -0.377 e. The van der Waals surface area contributed by atoms with E-state index in [9.17, 15) is 0 Å².